The fourth-order valence-corrected chi connectivity index (χ4v) is 8.38. The maximum Gasteiger partial charge on any atom is 0.246 e. The molecule has 7 atom stereocenters. The van der Waals surface area contributed by atoms with Gasteiger partial charge in [-0.1, -0.05) is 41.5 Å². The van der Waals surface area contributed by atoms with Crippen LogP contribution in [-0.2, 0) is 19.1 Å². The number of ether oxygens (including phenoxy) is 2. The van der Waals surface area contributed by atoms with Crippen LogP contribution in [0.1, 0.15) is 88.5 Å². The Morgan fingerprint density at radius 2 is 1.77 bits per heavy atom. The summed E-state index contributed by atoms with van der Waals surface area (Å²) in [6.07, 6.45) is 1.72. The number of aliphatic hydroxyl groups is 1. The number of carbonyl (C=O) groups is 3. The number of hydrogen-bond acceptors (Lipinski definition) is 6. The number of amides is 3. The minimum Gasteiger partial charge on any atom is -0.494 e. The standard InChI is InChI=1S/C34H53N3O6/c1-11-42-24-14-12-22(13-15-24)35-28(39)25-26-30(41)37(23(18-38)16-20(2)3)27(34(26)17-21(4)33(25,10)43-34)29(40)36-32(8,9)19-31(5,6)7/h12-15,20-21,23,25-27,38H,11,16-19H2,1-10H3,(H,35,39)(H,36,40)/t21?,23-,25+,26+,27?,33-,34?/m1/s1. The minimum atomic E-state index is -1.18. The Labute approximate surface area is 257 Å². The van der Waals surface area contributed by atoms with Gasteiger partial charge in [0.1, 0.15) is 17.4 Å². The van der Waals surface area contributed by atoms with E-state index in [0.29, 0.717) is 30.9 Å². The highest BCUT2D eigenvalue weighted by molar-refractivity contribution is 6.02. The van der Waals surface area contributed by atoms with Gasteiger partial charge in [0.2, 0.25) is 17.7 Å². The van der Waals surface area contributed by atoms with Gasteiger partial charge in [-0.3, -0.25) is 14.4 Å². The first-order chi connectivity index (χ1) is 19.9. The molecule has 240 valence electrons. The molecular weight excluding hydrogens is 546 g/mol. The van der Waals surface area contributed by atoms with E-state index >= 15 is 0 Å². The third kappa shape index (κ3) is 6.17. The highest BCUT2D eigenvalue weighted by atomic mass is 16.5. The summed E-state index contributed by atoms with van der Waals surface area (Å²) in [6.45, 7) is 20.5. The van der Waals surface area contributed by atoms with Crippen molar-refractivity contribution in [2.24, 2.45) is 29.1 Å². The van der Waals surface area contributed by atoms with Crippen molar-refractivity contribution in [3.8, 4) is 5.75 Å². The van der Waals surface area contributed by atoms with Crippen molar-refractivity contribution in [3.63, 3.8) is 0 Å². The van der Waals surface area contributed by atoms with E-state index in [-0.39, 0.29) is 41.6 Å². The second kappa shape index (κ2) is 11.7. The molecule has 3 heterocycles. The Bertz CT molecular complexity index is 1210. The van der Waals surface area contributed by atoms with Crippen molar-refractivity contribution >= 4 is 23.4 Å². The molecule has 9 nitrogen and oxygen atoms in total. The molecule has 0 saturated carbocycles. The quantitative estimate of drug-likeness (QED) is 0.337. The molecule has 43 heavy (non-hydrogen) atoms. The molecule has 3 saturated heterocycles. The Morgan fingerprint density at radius 1 is 1.14 bits per heavy atom. The van der Waals surface area contributed by atoms with Crippen LogP contribution in [-0.4, -0.2) is 69.8 Å². The van der Waals surface area contributed by atoms with Crippen LogP contribution in [0.25, 0.3) is 0 Å². The first-order valence-corrected chi connectivity index (χ1v) is 15.9. The van der Waals surface area contributed by atoms with E-state index in [0.717, 1.165) is 6.42 Å². The summed E-state index contributed by atoms with van der Waals surface area (Å²) in [4.78, 5) is 44.6. The van der Waals surface area contributed by atoms with Crippen molar-refractivity contribution in [2.75, 3.05) is 18.5 Å². The van der Waals surface area contributed by atoms with Gasteiger partial charge in [0, 0.05) is 11.2 Å². The Kier molecular flexibility index (Phi) is 9.04. The molecule has 4 rings (SSSR count). The number of nitrogens with zero attached hydrogens (tertiary/aromatic N) is 1. The number of hydrogen-bond donors (Lipinski definition) is 3. The van der Waals surface area contributed by atoms with Gasteiger partial charge >= 0.3 is 0 Å². The fourth-order valence-electron chi connectivity index (χ4n) is 8.38. The lowest BCUT2D eigenvalue weighted by atomic mass is 9.62. The van der Waals surface area contributed by atoms with Gasteiger partial charge in [-0.25, -0.2) is 0 Å². The first kappa shape index (κ1) is 33.2. The highest BCUT2D eigenvalue weighted by Gasteiger charge is 2.80. The van der Waals surface area contributed by atoms with E-state index in [9.17, 15) is 19.5 Å². The van der Waals surface area contributed by atoms with E-state index in [1.54, 1.807) is 29.2 Å². The van der Waals surface area contributed by atoms with Crippen molar-refractivity contribution in [1.29, 1.82) is 0 Å². The summed E-state index contributed by atoms with van der Waals surface area (Å²) in [7, 11) is 0. The minimum absolute atomic E-state index is 0.0393. The maximum atomic E-state index is 14.6. The number of fused-ring (bicyclic) bond motifs is 1. The molecular formula is C34H53N3O6. The average Bonchev–Trinajstić information content (AvgIpc) is 3.38. The first-order valence-electron chi connectivity index (χ1n) is 15.9. The Balaban J connectivity index is 1.75. The molecule has 3 N–H and O–H groups in total. The predicted octanol–water partition coefficient (Wildman–Crippen LogP) is 4.77. The predicted molar refractivity (Wildman–Crippen MR) is 166 cm³/mol. The Morgan fingerprint density at radius 3 is 2.30 bits per heavy atom. The van der Waals surface area contributed by atoms with Crippen LogP contribution < -0.4 is 15.4 Å². The largest absolute Gasteiger partial charge is 0.494 e. The topological polar surface area (TPSA) is 117 Å². The van der Waals surface area contributed by atoms with Crippen molar-refractivity contribution < 1.29 is 29.0 Å². The molecule has 3 aliphatic heterocycles. The summed E-state index contributed by atoms with van der Waals surface area (Å²) < 4.78 is 12.4. The number of benzene rings is 1. The van der Waals surface area contributed by atoms with Crippen LogP contribution in [0.5, 0.6) is 5.75 Å². The molecule has 1 spiro atoms. The molecule has 1 aromatic rings. The van der Waals surface area contributed by atoms with Gasteiger partial charge in [-0.15, -0.1) is 0 Å². The fraction of sp³-hybridized carbons (Fsp3) is 0.735. The van der Waals surface area contributed by atoms with Gasteiger partial charge in [0.05, 0.1) is 36.7 Å². The van der Waals surface area contributed by atoms with E-state index < -0.39 is 40.7 Å². The molecule has 9 heteroatoms. The summed E-state index contributed by atoms with van der Waals surface area (Å²) >= 11 is 0. The summed E-state index contributed by atoms with van der Waals surface area (Å²) in [5.74, 6) is -1.76. The van der Waals surface area contributed by atoms with Crippen LogP contribution in [0.3, 0.4) is 0 Å². The van der Waals surface area contributed by atoms with Crippen LogP contribution in [0, 0.1) is 29.1 Å². The van der Waals surface area contributed by atoms with Crippen molar-refractivity contribution in [3.05, 3.63) is 24.3 Å². The number of aliphatic hydroxyl groups excluding tert-OH is 1. The van der Waals surface area contributed by atoms with E-state index in [2.05, 4.69) is 31.4 Å². The van der Waals surface area contributed by atoms with Crippen LogP contribution in [0.2, 0.25) is 0 Å². The summed E-state index contributed by atoms with van der Waals surface area (Å²) in [5.41, 5.74) is -2.12. The zero-order valence-electron chi connectivity index (χ0n) is 27.7. The van der Waals surface area contributed by atoms with Crippen LogP contribution in [0.15, 0.2) is 24.3 Å². The molecule has 2 bridgehead atoms. The van der Waals surface area contributed by atoms with Gasteiger partial charge in [-0.05, 0) is 88.5 Å². The summed E-state index contributed by atoms with van der Waals surface area (Å²) in [5, 5.41) is 16.8. The zero-order valence-corrected chi connectivity index (χ0v) is 27.7. The second-order valence-electron chi connectivity index (χ2n) is 15.5. The van der Waals surface area contributed by atoms with Crippen molar-refractivity contribution in [1.82, 2.24) is 10.2 Å². The van der Waals surface area contributed by atoms with Crippen LogP contribution in [0.4, 0.5) is 5.69 Å². The monoisotopic (exact) mass is 599 g/mol. The lowest BCUT2D eigenvalue weighted by molar-refractivity contribution is -0.151. The molecule has 3 fully saturated rings. The number of anilines is 1. The molecule has 3 unspecified atom stereocenters. The Hall–Kier alpha value is -2.65. The van der Waals surface area contributed by atoms with E-state index in [1.165, 1.54) is 0 Å². The second-order valence-corrected chi connectivity index (χ2v) is 15.5. The SMILES string of the molecule is CCOc1ccc(NC(=O)[C@@H]2[C@H]3C(=O)N([C@@H](CO)CC(C)C)C(C(=O)NC(C)(C)CC(C)(C)C)C34CC(C)[C@@]2(C)O4)cc1. The third-order valence-electron chi connectivity index (χ3n) is 9.50. The number of rotatable bonds is 11. The van der Waals surface area contributed by atoms with Gasteiger partial charge in [0.25, 0.3) is 0 Å². The molecule has 0 aromatic heterocycles. The van der Waals surface area contributed by atoms with Gasteiger partial charge < -0.3 is 30.1 Å². The number of nitrogens with one attached hydrogen (secondary N) is 2. The van der Waals surface area contributed by atoms with Gasteiger partial charge in [-0.2, -0.15) is 0 Å². The number of likely N-dealkylation sites (tertiary alicyclic amines) is 1. The maximum absolute atomic E-state index is 14.6. The normalized spacial score (nSPS) is 30.9. The summed E-state index contributed by atoms with van der Waals surface area (Å²) in [6, 6.07) is 5.60. The van der Waals surface area contributed by atoms with E-state index in [4.69, 9.17) is 9.47 Å². The number of carbonyl (C=O) groups excluding carboxylic acids is 3. The van der Waals surface area contributed by atoms with Crippen LogP contribution >= 0.6 is 0 Å². The molecule has 0 radical (unpaired) electrons. The molecule has 3 amide bonds. The average molecular weight is 600 g/mol. The highest BCUT2D eigenvalue weighted by Crippen LogP contribution is 2.65. The third-order valence-corrected chi connectivity index (χ3v) is 9.50. The molecule has 0 aliphatic carbocycles. The van der Waals surface area contributed by atoms with E-state index in [1.807, 2.05) is 48.5 Å². The zero-order chi connectivity index (χ0) is 32.1. The molecule has 1 aromatic carbocycles. The molecule has 3 aliphatic rings. The van der Waals surface area contributed by atoms with Crippen molar-refractivity contribution in [2.45, 2.75) is 117 Å². The smallest absolute Gasteiger partial charge is 0.246 e. The lowest BCUT2D eigenvalue weighted by Gasteiger charge is -2.40. The van der Waals surface area contributed by atoms with Gasteiger partial charge in [0.15, 0.2) is 0 Å². The lowest BCUT2D eigenvalue weighted by Crippen LogP contribution is -2.61.